The summed E-state index contributed by atoms with van der Waals surface area (Å²) in [5, 5.41) is 16.6. The molecule has 5 heteroatoms. The molecule has 0 aliphatic heterocycles. The molecule has 2 rings (SSSR count). The highest BCUT2D eigenvalue weighted by atomic mass is 16.3. The van der Waals surface area contributed by atoms with Gasteiger partial charge in [-0.2, -0.15) is 5.10 Å². The molecule has 0 saturated heterocycles. The number of carbonyl (C=O) groups excluding carboxylic acids is 1. The van der Waals surface area contributed by atoms with Crippen LogP contribution in [0, 0.1) is 6.92 Å². The van der Waals surface area contributed by atoms with Crippen LogP contribution >= 0.6 is 0 Å². The number of amides is 1. The van der Waals surface area contributed by atoms with Crippen molar-refractivity contribution in [3.05, 3.63) is 53.3 Å². The monoisotopic (exact) mass is 287 g/mol. The number of nitrogens with one attached hydrogen (secondary N) is 1. The lowest BCUT2D eigenvalue weighted by Gasteiger charge is -2.16. The molecule has 21 heavy (non-hydrogen) atoms. The van der Waals surface area contributed by atoms with E-state index in [0.29, 0.717) is 18.7 Å². The smallest absolute Gasteiger partial charge is 0.269 e. The summed E-state index contributed by atoms with van der Waals surface area (Å²) in [5.41, 5.74) is 2.42. The predicted octanol–water partition coefficient (Wildman–Crippen LogP) is 1.54. The Balaban J connectivity index is 2.05. The van der Waals surface area contributed by atoms with E-state index in [1.807, 2.05) is 44.2 Å². The van der Waals surface area contributed by atoms with Crippen molar-refractivity contribution in [2.75, 3.05) is 6.61 Å². The molecule has 0 aliphatic rings. The molecule has 112 valence electrons. The Bertz CT molecular complexity index is 593. The molecule has 0 spiro atoms. The lowest BCUT2D eigenvalue weighted by Crippen LogP contribution is -2.40. The Morgan fingerprint density at radius 2 is 2.10 bits per heavy atom. The second kappa shape index (κ2) is 7.04. The third kappa shape index (κ3) is 3.92. The van der Waals surface area contributed by atoms with E-state index in [2.05, 4.69) is 10.4 Å². The number of benzene rings is 1. The molecule has 0 saturated carbocycles. The number of hydrogen-bond acceptors (Lipinski definition) is 3. The van der Waals surface area contributed by atoms with E-state index in [0.717, 1.165) is 11.3 Å². The van der Waals surface area contributed by atoms with E-state index in [1.165, 1.54) is 0 Å². The topological polar surface area (TPSA) is 67.2 Å². The number of aromatic nitrogens is 2. The largest absolute Gasteiger partial charge is 0.394 e. The number of carbonyl (C=O) groups is 1. The Morgan fingerprint density at radius 1 is 1.38 bits per heavy atom. The first kappa shape index (κ1) is 15.3. The Morgan fingerprint density at radius 3 is 2.71 bits per heavy atom. The van der Waals surface area contributed by atoms with E-state index in [-0.39, 0.29) is 18.6 Å². The molecule has 0 bridgehead atoms. The average Bonchev–Trinajstić information content (AvgIpc) is 2.88. The van der Waals surface area contributed by atoms with E-state index in [1.54, 1.807) is 10.7 Å². The van der Waals surface area contributed by atoms with Crippen molar-refractivity contribution >= 4 is 5.91 Å². The SMILES string of the molecule is CCn1nc(C)cc1C(=O)N[C@@H](CO)Cc1ccccc1. The van der Waals surface area contributed by atoms with Gasteiger partial charge in [0.05, 0.1) is 18.3 Å². The van der Waals surface area contributed by atoms with Gasteiger partial charge in [0.25, 0.3) is 5.91 Å². The summed E-state index contributed by atoms with van der Waals surface area (Å²) in [6.07, 6.45) is 0.600. The van der Waals surface area contributed by atoms with Gasteiger partial charge in [-0.1, -0.05) is 30.3 Å². The van der Waals surface area contributed by atoms with Crippen LogP contribution in [0.3, 0.4) is 0 Å². The van der Waals surface area contributed by atoms with Gasteiger partial charge in [-0.25, -0.2) is 0 Å². The minimum atomic E-state index is -0.305. The maximum Gasteiger partial charge on any atom is 0.269 e. The first-order valence-electron chi connectivity index (χ1n) is 7.14. The number of aliphatic hydroxyl groups is 1. The fraction of sp³-hybridized carbons (Fsp3) is 0.375. The maximum absolute atomic E-state index is 12.3. The van der Waals surface area contributed by atoms with Crippen LogP contribution < -0.4 is 5.32 Å². The van der Waals surface area contributed by atoms with Crippen LogP contribution in [0.4, 0.5) is 0 Å². The van der Waals surface area contributed by atoms with Crippen molar-refractivity contribution in [2.45, 2.75) is 32.9 Å². The number of rotatable bonds is 6. The third-order valence-corrected chi connectivity index (χ3v) is 3.31. The highest BCUT2D eigenvalue weighted by molar-refractivity contribution is 5.92. The van der Waals surface area contributed by atoms with Gasteiger partial charge in [0, 0.05) is 6.54 Å². The van der Waals surface area contributed by atoms with E-state index >= 15 is 0 Å². The molecule has 5 nitrogen and oxygen atoms in total. The fourth-order valence-electron chi connectivity index (χ4n) is 2.29. The standard InChI is InChI=1S/C16H21N3O2/c1-3-19-15(9-12(2)18-19)16(21)17-14(11-20)10-13-7-5-4-6-8-13/h4-9,14,20H,3,10-11H2,1-2H3,(H,17,21)/t14-/m1/s1. The summed E-state index contributed by atoms with van der Waals surface area (Å²) in [6.45, 7) is 4.34. The van der Waals surface area contributed by atoms with Gasteiger partial charge in [-0.05, 0) is 31.9 Å². The minimum absolute atomic E-state index is 0.0973. The summed E-state index contributed by atoms with van der Waals surface area (Å²) < 4.78 is 1.67. The van der Waals surface area contributed by atoms with Crippen LogP contribution in [0.2, 0.25) is 0 Å². The summed E-state index contributed by atoms with van der Waals surface area (Å²) in [6, 6.07) is 11.3. The van der Waals surface area contributed by atoms with Crippen molar-refractivity contribution in [1.82, 2.24) is 15.1 Å². The quantitative estimate of drug-likeness (QED) is 0.847. The van der Waals surface area contributed by atoms with Crippen LogP contribution in [0.5, 0.6) is 0 Å². The van der Waals surface area contributed by atoms with Crippen molar-refractivity contribution in [2.24, 2.45) is 0 Å². The summed E-state index contributed by atoms with van der Waals surface area (Å²) in [4.78, 5) is 12.3. The lowest BCUT2D eigenvalue weighted by atomic mass is 10.1. The molecule has 0 radical (unpaired) electrons. The molecule has 1 aromatic carbocycles. The highest BCUT2D eigenvalue weighted by Crippen LogP contribution is 2.07. The van der Waals surface area contributed by atoms with E-state index < -0.39 is 0 Å². The normalized spacial score (nSPS) is 12.1. The van der Waals surface area contributed by atoms with E-state index in [9.17, 15) is 9.90 Å². The van der Waals surface area contributed by atoms with Crippen molar-refractivity contribution in [3.63, 3.8) is 0 Å². The van der Waals surface area contributed by atoms with Crippen molar-refractivity contribution < 1.29 is 9.90 Å². The molecular formula is C16H21N3O2. The minimum Gasteiger partial charge on any atom is -0.394 e. The summed E-state index contributed by atoms with van der Waals surface area (Å²) in [5.74, 6) is -0.201. The molecule has 0 aliphatic carbocycles. The second-order valence-electron chi connectivity index (χ2n) is 5.03. The highest BCUT2D eigenvalue weighted by Gasteiger charge is 2.17. The van der Waals surface area contributed by atoms with Gasteiger partial charge < -0.3 is 10.4 Å². The van der Waals surface area contributed by atoms with E-state index in [4.69, 9.17) is 0 Å². The summed E-state index contributed by atoms with van der Waals surface area (Å²) >= 11 is 0. The molecule has 1 aromatic heterocycles. The lowest BCUT2D eigenvalue weighted by molar-refractivity contribution is 0.0905. The van der Waals surface area contributed by atoms with Crippen LogP contribution in [-0.2, 0) is 13.0 Å². The predicted molar refractivity (Wildman–Crippen MR) is 81.1 cm³/mol. The first-order chi connectivity index (χ1) is 10.1. The van der Waals surface area contributed by atoms with Gasteiger partial charge in [-0.15, -0.1) is 0 Å². The van der Waals surface area contributed by atoms with Gasteiger partial charge in [-0.3, -0.25) is 9.48 Å². The van der Waals surface area contributed by atoms with Gasteiger partial charge in [0.1, 0.15) is 5.69 Å². The van der Waals surface area contributed by atoms with Crippen LogP contribution in [0.15, 0.2) is 36.4 Å². The molecular weight excluding hydrogens is 266 g/mol. The van der Waals surface area contributed by atoms with Crippen LogP contribution in [0.1, 0.15) is 28.7 Å². The zero-order chi connectivity index (χ0) is 15.2. The van der Waals surface area contributed by atoms with Crippen molar-refractivity contribution in [1.29, 1.82) is 0 Å². The molecule has 2 aromatic rings. The number of aryl methyl sites for hydroxylation is 2. The Hall–Kier alpha value is -2.14. The van der Waals surface area contributed by atoms with Gasteiger partial charge in [0.2, 0.25) is 0 Å². The van der Waals surface area contributed by atoms with Crippen molar-refractivity contribution in [3.8, 4) is 0 Å². The summed E-state index contributed by atoms with van der Waals surface area (Å²) in [7, 11) is 0. The van der Waals surface area contributed by atoms with Gasteiger partial charge >= 0.3 is 0 Å². The third-order valence-electron chi connectivity index (χ3n) is 3.31. The first-order valence-corrected chi connectivity index (χ1v) is 7.14. The molecule has 1 heterocycles. The number of nitrogens with zero attached hydrogens (tertiary/aromatic N) is 2. The molecule has 1 amide bonds. The number of aliphatic hydroxyl groups excluding tert-OH is 1. The van der Waals surface area contributed by atoms with Crippen LogP contribution in [0.25, 0.3) is 0 Å². The molecule has 2 N–H and O–H groups in total. The number of hydrogen-bond donors (Lipinski definition) is 2. The Kier molecular flexibility index (Phi) is 5.11. The second-order valence-corrected chi connectivity index (χ2v) is 5.03. The molecule has 0 fully saturated rings. The zero-order valence-electron chi connectivity index (χ0n) is 12.4. The fourth-order valence-corrected chi connectivity index (χ4v) is 2.29. The molecule has 1 atom stereocenters. The zero-order valence-corrected chi connectivity index (χ0v) is 12.4. The maximum atomic E-state index is 12.3. The Labute approximate surface area is 124 Å². The average molecular weight is 287 g/mol. The van der Waals surface area contributed by atoms with Gasteiger partial charge in [0.15, 0.2) is 0 Å². The molecule has 0 unspecified atom stereocenters. The van der Waals surface area contributed by atoms with Crippen LogP contribution in [-0.4, -0.2) is 33.4 Å².